The highest BCUT2D eigenvalue weighted by molar-refractivity contribution is 6.35. The number of halogens is 2. The van der Waals surface area contributed by atoms with E-state index in [1.54, 1.807) is 42.5 Å². The lowest BCUT2D eigenvalue weighted by atomic mass is 10.1. The number of carbonyl (C=O) groups is 1. The zero-order valence-electron chi connectivity index (χ0n) is 12.5. The van der Waals surface area contributed by atoms with Gasteiger partial charge in [-0.3, -0.25) is 9.59 Å². The van der Waals surface area contributed by atoms with E-state index in [0.29, 0.717) is 27.8 Å². The van der Waals surface area contributed by atoms with Gasteiger partial charge in [0.1, 0.15) is 0 Å². The number of ketones is 1. The minimum absolute atomic E-state index is 0.104. The molecule has 0 aliphatic rings. The van der Waals surface area contributed by atoms with E-state index in [-0.39, 0.29) is 16.8 Å². The van der Waals surface area contributed by atoms with Crippen molar-refractivity contribution < 1.29 is 4.79 Å². The number of benzene rings is 1. The van der Waals surface area contributed by atoms with Crippen LogP contribution < -0.4 is 10.7 Å². The summed E-state index contributed by atoms with van der Waals surface area (Å²) in [6.45, 7) is 2.49. The average Bonchev–Trinajstić information content (AvgIpc) is 2.69. The summed E-state index contributed by atoms with van der Waals surface area (Å²) in [5.74, 6) is -0.378. The summed E-state index contributed by atoms with van der Waals surface area (Å²) in [7, 11) is 0. The van der Waals surface area contributed by atoms with E-state index in [1.807, 2.05) is 6.92 Å². The van der Waals surface area contributed by atoms with Gasteiger partial charge in [0.25, 0.3) is 0 Å². The molecule has 0 bridgehead atoms. The van der Waals surface area contributed by atoms with Gasteiger partial charge in [0.15, 0.2) is 5.78 Å². The molecule has 0 atom stereocenters. The fourth-order valence-corrected chi connectivity index (χ4v) is 2.49. The second-order valence-corrected chi connectivity index (χ2v) is 5.61. The van der Waals surface area contributed by atoms with Crippen LogP contribution in [0.1, 0.15) is 22.8 Å². The van der Waals surface area contributed by atoms with E-state index in [2.05, 4.69) is 5.32 Å². The zero-order chi connectivity index (χ0) is 16.8. The first-order valence-electron chi connectivity index (χ1n) is 7.07. The molecule has 118 valence electrons. The lowest BCUT2D eigenvalue weighted by Gasteiger charge is -2.00. The molecule has 23 heavy (non-hydrogen) atoms. The average molecular weight is 348 g/mol. The first-order valence-corrected chi connectivity index (χ1v) is 7.83. The summed E-state index contributed by atoms with van der Waals surface area (Å²) in [5.41, 5.74) is 0.837. The van der Waals surface area contributed by atoms with E-state index in [4.69, 9.17) is 23.2 Å². The topological polar surface area (TPSA) is 46.2 Å². The predicted octanol–water partition coefficient (Wildman–Crippen LogP) is 4.68. The first-order chi connectivity index (χ1) is 11.0. The standard InChI is InChI=1S/C18H15Cl2NO2/c1-2-21-16-6-4-3-5-14(18(16)23)17(22)10-8-12-7-9-13(19)11-15(12)20/h3-11H,2H2,1H3,(H,21,23)/b10-8+. The number of hydrogen-bond acceptors (Lipinski definition) is 3. The third-order valence-electron chi connectivity index (χ3n) is 3.14. The summed E-state index contributed by atoms with van der Waals surface area (Å²) in [6, 6.07) is 11.5. The number of anilines is 1. The Labute approximate surface area is 144 Å². The summed E-state index contributed by atoms with van der Waals surface area (Å²) < 4.78 is 0. The first kappa shape index (κ1) is 17.3. The Bertz CT molecular complexity index is 816. The predicted molar refractivity (Wildman–Crippen MR) is 96.7 cm³/mol. The Balaban J connectivity index is 2.34. The monoisotopic (exact) mass is 347 g/mol. The fourth-order valence-electron chi connectivity index (χ4n) is 2.02. The van der Waals surface area contributed by atoms with Crippen LogP contribution in [0, 0.1) is 0 Å². The lowest BCUT2D eigenvalue weighted by Crippen LogP contribution is -2.15. The van der Waals surface area contributed by atoms with Crippen molar-refractivity contribution in [3.8, 4) is 0 Å². The third-order valence-corrected chi connectivity index (χ3v) is 3.70. The van der Waals surface area contributed by atoms with Crippen molar-refractivity contribution >= 4 is 40.7 Å². The highest BCUT2D eigenvalue weighted by atomic mass is 35.5. The van der Waals surface area contributed by atoms with E-state index in [0.717, 1.165) is 0 Å². The van der Waals surface area contributed by atoms with Gasteiger partial charge in [-0.05, 0) is 48.9 Å². The van der Waals surface area contributed by atoms with Crippen LogP contribution in [0.4, 0.5) is 5.69 Å². The largest absolute Gasteiger partial charge is 0.382 e. The summed E-state index contributed by atoms with van der Waals surface area (Å²) in [6.07, 6.45) is 2.90. The van der Waals surface area contributed by atoms with Gasteiger partial charge in [-0.15, -0.1) is 0 Å². The van der Waals surface area contributed by atoms with Crippen LogP contribution >= 0.6 is 23.2 Å². The molecule has 0 radical (unpaired) electrons. The van der Waals surface area contributed by atoms with Crippen LogP contribution in [0.3, 0.4) is 0 Å². The van der Waals surface area contributed by atoms with Gasteiger partial charge in [-0.1, -0.05) is 41.4 Å². The van der Waals surface area contributed by atoms with Gasteiger partial charge < -0.3 is 5.32 Å². The normalized spacial score (nSPS) is 10.7. The molecule has 2 aromatic rings. The Hall–Kier alpha value is -2.10. The van der Waals surface area contributed by atoms with Crippen LogP contribution in [-0.4, -0.2) is 12.3 Å². The molecule has 5 heteroatoms. The molecule has 1 N–H and O–H groups in total. The van der Waals surface area contributed by atoms with E-state index in [9.17, 15) is 9.59 Å². The smallest absolute Gasteiger partial charge is 0.212 e. The minimum Gasteiger partial charge on any atom is -0.382 e. The molecule has 0 aliphatic heterocycles. The number of rotatable bonds is 5. The maximum atomic E-state index is 12.4. The second-order valence-electron chi connectivity index (χ2n) is 4.77. The quantitative estimate of drug-likeness (QED) is 0.630. The van der Waals surface area contributed by atoms with Gasteiger partial charge in [0.05, 0.1) is 11.3 Å². The second kappa shape index (κ2) is 7.95. The maximum absolute atomic E-state index is 12.4. The molecular weight excluding hydrogens is 333 g/mol. The number of nitrogens with one attached hydrogen (secondary N) is 1. The van der Waals surface area contributed by atoms with Crippen LogP contribution in [0.5, 0.6) is 0 Å². The van der Waals surface area contributed by atoms with Gasteiger partial charge in [-0.25, -0.2) is 0 Å². The molecule has 0 heterocycles. The van der Waals surface area contributed by atoms with Crippen molar-refractivity contribution in [3.63, 3.8) is 0 Å². The fraction of sp³-hybridized carbons (Fsp3) is 0.111. The van der Waals surface area contributed by atoms with E-state index < -0.39 is 0 Å². The summed E-state index contributed by atoms with van der Waals surface area (Å²) >= 11 is 11.9. The van der Waals surface area contributed by atoms with Crippen LogP contribution in [0.15, 0.2) is 53.3 Å². The Morgan fingerprint density at radius 2 is 1.91 bits per heavy atom. The van der Waals surface area contributed by atoms with Crippen molar-refractivity contribution in [1.29, 1.82) is 0 Å². The number of hydrogen-bond donors (Lipinski definition) is 1. The molecule has 0 fully saturated rings. The van der Waals surface area contributed by atoms with Gasteiger partial charge in [0.2, 0.25) is 5.43 Å². The van der Waals surface area contributed by atoms with Crippen molar-refractivity contribution in [1.82, 2.24) is 0 Å². The minimum atomic E-state index is -0.378. The molecule has 0 saturated carbocycles. The highest BCUT2D eigenvalue weighted by Gasteiger charge is 2.09. The van der Waals surface area contributed by atoms with Crippen LogP contribution in [0.2, 0.25) is 10.0 Å². The number of allylic oxidation sites excluding steroid dienone is 1. The molecule has 0 unspecified atom stereocenters. The molecule has 0 spiro atoms. The highest BCUT2D eigenvalue weighted by Crippen LogP contribution is 2.22. The summed E-state index contributed by atoms with van der Waals surface area (Å²) in [5, 5.41) is 3.92. The van der Waals surface area contributed by atoms with Gasteiger partial charge in [-0.2, -0.15) is 0 Å². The van der Waals surface area contributed by atoms with Crippen molar-refractivity contribution in [2.75, 3.05) is 11.9 Å². The maximum Gasteiger partial charge on any atom is 0.212 e. The Morgan fingerprint density at radius 1 is 1.17 bits per heavy atom. The van der Waals surface area contributed by atoms with Crippen molar-refractivity contribution in [2.24, 2.45) is 0 Å². The number of carbonyl (C=O) groups excluding carboxylic acids is 1. The molecule has 0 aliphatic carbocycles. The molecule has 0 saturated heterocycles. The zero-order valence-corrected chi connectivity index (χ0v) is 14.0. The van der Waals surface area contributed by atoms with E-state index >= 15 is 0 Å². The van der Waals surface area contributed by atoms with Crippen molar-refractivity contribution in [2.45, 2.75) is 6.92 Å². The van der Waals surface area contributed by atoms with Crippen LogP contribution in [0.25, 0.3) is 6.08 Å². The molecule has 3 nitrogen and oxygen atoms in total. The molecular formula is C18H15Cl2NO2. The molecule has 0 amide bonds. The molecule has 2 aromatic carbocycles. The third kappa shape index (κ3) is 4.44. The Kier molecular flexibility index (Phi) is 5.97. The van der Waals surface area contributed by atoms with Crippen molar-refractivity contribution in [3.05, 3.63) is 79.9 Å². The Morgan fingerprint density at radius 3 is 2.61 bits per heavy atom. The molecule has 0 aromatic heterocycles. The summed E-state index contributed by atoms with van der Waals surface area (Å²) in [4.78, 5) is 24.7. The lowest BCUT2D eigenvalue weighted by molar-refractivity contribution is 0.104. The molecule has 2 rings (SSSR count). The SMILES string of the molecule is CCNc1ccccc(C(=O)/C=C/c2ccc(Cl)cc2Cl)c1=O. The van der Waals surface area contributed by atoms with Gasteiger partial charge in [0, 0.05) is 16.6 Å². The van der Waals surface area contributed by atoms with E-state index in [1.165, 1.54) is 12.1 Å². The van der Waals surface area contributed by atoms with Gasteiger partial charge >= 0.3 is 0 Å². The van der Waals surface area contributed by atoms with Crippen LogP contribution in [-0.2, 0) is 0 Å².